The zero-order chi connectivity index (χ0) is 17.4. The average Bonchev–Trinajstić information content (AvgIpc) is 2.45. The molecule has 126 valence electrons. The van der Waals surface area contributed by atoms with Gasteiger partial charge in [0, 0.05) is 17.5 Å². The Morgan fingerprint density at radius 1 is 1.35 bits per heavy atom. The number of fused-ring (bicyclic) bond motifs is 1. The topological polar surface area (TPSA) is 37.4 Å². The molecule has 0 spiro atoms. The van der Waals surface area contributed by atoms with Crippen molar-refractivity contribution in [2.45, 2.75) is 47.1 Å². The smallest absolute Gasteiger partial charge is 0.215 e. The monoisotopic (exact) mass is 315 g/mol. The Hall–Kier alpha value is -1.97. The van der Waals surface area contributed by atoms with Crippen LogP contribution in [0, 0.1) is 11.8 Å². The molecule has 0 saturated carbocycles. The first-order chi connectivity index (χ1) is 10.7. The Labute approximate surface area is 140 Å². The van der Waals surface area contributed by atoms with E-state index in [0.29, 0.717) is 17.7 Å². The molecule has 0 bridgehead atoms. The van der Waals surface area contributed by atoms with Crippen molar-refractivity contribution in [2.24, 2.45) is 11.8 Å². The summed E-state index contributed by atoms with van der Waals surface area (Å²) in [6, 6.07) is 1.95. The molecule has 0 aromatic carbocycles. The van der Waals surface area contributed by atoms with E-state index in [1.807, 2.05) is 12.3 Å². The van der Waals surface area contributed by atoms with E-state index < -0.39 is 0 Å². The summed E-state index contributed by atoms with van der Waals surface area (Å²) in [5.41, 5.74) is 4.12. The molecule has 0 atom stereocenters. The minimum absolute atomic E-state index is 0.207. The Morgan fingerprint density at radius 2 is 2.00 bits per heavy atom. The quantitative estimate of drug-likeness (QED) is 0.865. The summed E-state index contributed by atoms with van der Waals surface area (Å²) in [7, 11) is 1.64. The first-order valence-electron chi connectivity index (χ1n) is 8.20. The minimum Gasteiger partial charge on any atom is -0.481 e. The van der Waals surface area contributed by atoms with E-state index in [0.717, 1.165) is 17.1 Å². The Balaban J connectivity index is 2.67. The van der Waals surface area contributed by atoms with Gasteiger partial charge in [-0.2, -0.15) is 0 Å². The summed E-state index contributed by atoms with van der Waals surface area (Å²) < 4.78 is 5.28. The van der Waals surface area contributed by atoms with Crippen molar-refractivity contribution in [3.8, 4) is 5.88 Å². The highest BCUT2D eigenvalue weighted by atomic mass is 16.5. The molecule has 1 N–H and O–H groups in total. The number of pyridine rings is 1. The second-order valence-electron chi connectivity index (χ2n) is 7.27. The maximum atomic E-state index is 5.28. The van der Waals surface area contributed by atoms with Crippen molar-refractivity contribution in [3.63, 3.8) is 0 Å². The molecule has 1 aliphatic rings. The normalized spacial score (nSPS) is 18.1. The summed E-state index contributed by atoms with van der Waals surface area (Å²) >= 11 is 0. The van der Waals surface area contributed by atoms with Crippen LogP contribution in [-0.4, -0.2) is 17.6 Å². The van der Waals surface area contributed by atoms with Crippen molar-refractivity contribution in [1.29, 1.82) is 0 Å². The number of nitrogens with one attached hydrogen (secondary N) is 1. The molecule has 1 aromatic heterocycles. The Morgan fingerprint density at radius 3 is 2.52 bits per heavy atom. The number of hydrogen-bond acceptors (Lipinski definition) is 4. The molecule has 4 nitrogen and oxygen atoms in total. The van der Waals surface area contributed by atoms with Gasteiger partial charge in [-0.15, -0.1) is 0 Å². The maximum Gasteiger partial charge on any atom is 0.215 e. The molecule has 1 aromatic rings. The van der Waals surface area contributed by atoms with Gasteiger partial charge in [-0.05, 0) is 25.7 Å². The van der Waals surface area contributed by atoms with Gasteiger partial charge in [0.25, 0.3) is 0 Å². The molecule has 2 rings (SSSR count). The third-order valence-corrected chi connectivity index (χ3v) is 4.08. The zero-order valence-electron chi connectivity index (χ0n) is 15.4. The second kappa shape index (κ2) is 6.26. The van der Waals surface area contributed by atoms with E-state index in [-0.39, 0.29) is 5.54 Å². The first kappa shape index (κ1) is 17.4. The largest absolute Gasteiger partial charge is 0.481 e. The Kier molecular flexibility index (Phi) is 4.73. The maximum absolute atomic E-state index is 5.28. The SMILES string of the molecule is C=C(C(C)C)N1/C(=C\C(C)C)C(C)(C)Nc2cc(OC)ncc21. The fraction of sp³-hybridized carbons (Fsp3) is 0.526. The summed E-state index contributed by atoms with van der Waals surface area (Å²) in [5, 5.41) is 3.62. The molecule has 23 heavy (non-hydrogen) atoms. The number of methoxy groups -OCH3 is 1. The minimum atomic E-state index is -0.207. The standard InChI is InChI=1S/C19H29N3O/c1-12(2)9-17-19(6,7)21-15-10-18(23-8)20-11-16(15)22(17)14(5)13(3)4/h9-13,21H,5H2,1-4,6-8H3/b17-9-. The third-order valence-electron chi connectivity index (χ3n) is 4.08. The lowest BCUT2D eigenvalue weighted by molar-refractivity contribution is 0.398. The van der Waals surface area contributed by atoms with Crippen molar-refractivity contribution >= 4 is 11.4 Å². The van der Waals surface area contributed by atoms with Crippen LogP contribution in [0.2, 0.25) is 0 Å². The lowest BCUT2D eigenvalue weighted by atomic mass is 9.90. The number of anilines is 2. The highest BCUT2D eigenvalue weighted by Crippen LogP contribution is 2.44. The molecule has 0 radical (unpaired) electrons. The van der Waals surface area contributed by atoms with Gasteiger partial charge in [-0.25, -0.2) is 4.98 Å². The number of hydrogen-bond donors (Lipinski definition) is 1. The highest BCUT2D eigenvalue weighted by Gasteiger charge is 2.37. The van der Waals surface area contributed by atoms with Crippen LogP contribution in [0.25, 0.3) is 0 Å². The van der Waals surface area contributed by atoms with Gasteiger partial charge in [-0.3, -0.25) is 0 Å². The highest BCUT2D eigenvalue weighted by molar-refractivity contribution is 5.80. The van der Waals surface area contributed by atoms with Gasteiger partial charge in [0.2, 0.25) is 5.88 Å². The van der Waals surface area contributed by atoms with Gasteiger partial charge in [0.1, 0.15) is 0 Å². The molecule has 0 amide bonds. The molecule has 0 fully saturated rings. The van der Waals surface area contributed by atoms with Crippen molar-refractivity contribution in [2.75, 3.05) is 17.3 Å². The number of ether oxygens (including phenoxy) is 1. The van der Waals surface area contributed by atoms with Gasteiger partial charge in [-0.1, -0.05) is 40.3 Å². The molecular weight excluding hydrogens is 286 g/mol. The van der Waals surface area contributed by atoms with Crippen LogP contribution < -0.4 is 15.0 Å². The van der Waals surface area contributed by atoms with Crippen molar-refractivity contribution in [3.05, 3.63) is 36.3 Å². The summed E-state index contributed by atoms with van der Waals surface area (Å²) in [6.45, 7) is 17.5. The van der Waals surface area contributed by atoms with E-state index in [2.05, 4.69) is 69.4 Å². The molecule has 1 aliphatic heterocycles. The van der Waals surface area contributed by atoms with Crippen molar-refractivity contribution in [1.82, 2.24) is 4.98 Å². The van der Waals surface area contributed by atoms with E-state index in [4.69, 9.17) is 4.74 Å². The molecular formula is C19H29N3O. The van der Waals surface area contributed by atoms with Crippen molar-refractivity contribution < 1.29 is 4.74 Å². The summed E-state index contributed by atoms with van der Waals surface area (Å²) in [6.07, 6.45) is 4.16. The number of rotatable bonds is 4. The Bertz CT molecular complexity index is 630. The second-order valence-corrected chi connectivity index (χ2v) is 7.27. The predicted octanol–water partition coefficient (Wildman–Crippen LogP) is 4.81. The summed E-state index contributed by atoms with van der Waals surface area (Å²) in [4.78, 5) is 6.64. The number of nitrogens with zero attached hydrogens (tertiary/aromatic N) is 2. The first-order valence-corrected chi connectivity index (χ1v) is 8.20. The lowest BCUT2D eigenvalue weighted by Crippen LogP contribution is -2.46. The average molecular weight is 315 g/mol. The summed E-state index contributed by atoms with van der Waals surface area (Å²) in [5.74, 6) is 1.40. The van der Waals surface area contributed by atoms with Crippen LogP contribution in [-0.2, 0) is 0 Å². The van der Waals surface area contributed by atoms with Crippen LogP contribution >= 0.6 is 0 Å². The predicted molar refractivity (Wildman–Crippen MR) is 97.9 cm³/mol. The van der Waals surface area contributed by atoms with Gasteiger partial charge < -0.3 is 15.0 Å². The molecule has 0 aliphatic carbocycles. The van der Waals surface area contributed by atoms with E-state index in [1.54, 1.807) is 7.11 Å². The molecule has 2 heterocycles. The lowest BCUT2D eigenvalue weighted by Gasteiger charge is -2.46. The number of allylic oxidation sites excluding steroid dienone is 2. The fourth-order valence-electron chi connectivity index (χ4n) is 2.80. The van der Waals surface area contributed by atoms with Gasteiger partial charge in [0.05, 0.1) is 30.2 Å². The number of aromatic nitrogens is 1. The van der Waals surface area contributed by atoms with E-state index >= 15 is 0 Å². The van der Waals surface area contributed by atoms with Crippen LogP contribution in [0.5, 0.6) is 5.88 Å². The van der Waals surface area contributed by atoms with Crippen LogP contribution in [0.3, 0.4) is 0 Å². The molecule has 0 unspecified atom stereocenters. The van der Waals surface area contributed by atoms with E-state index in [1.165, 1.54) is 5.70 Å². The molecule has 4 heteroatoms. The van der Waals surface area contributed by atoms with Crippen LogP contribution in [0.4, 0.5) is 11.4 Å². The fourth-order valence-corrected chi connectivity index (χ4v) is 2.80. The van der Waals surface area contributed by atoms with Crippen LogP contribution in [0.15, 0.2) is 36.3 Å². The van der Waals surface area contributed by atoms with Crippen LogP contribution in [0.1, 0.15) is 41.5 Å². The van der Waals surface area contributed by atoms with Gasteiger partial charge in [0.15, 0.2) is 0 Å². The molecule has 0 saturated heterocycles. The van der Waals surface area contributed by atoms with Gasteiger partial charge >= 0.3 is 0 Å². The third kappa shape index (κ3) is 3.36. The zero-order valence-corrected chi connectivity index (χ0v) is 15.4. The van der Waals surface area contributed by atoms with E-state index in [9.17, 15) is 0 Å².